The Balaban J connectivity index is 1.83. The van der Waals surface area contributed by atoms with Gasteiger partial charge in [-0.3, -0.25) is 9.52 Å². The molecule has 0 radical (unpaired) electrons. The first kappa shape index (κ1) is 18.6. The zero-order chi connectivity index (χ0) is 19.1. The Kier molecular flexibility index (Phi) is 4.90. The van der Waals surface area contributed by atoms with Gasteiger partial charge in [-0.05, 0) is 43.5 Å². The topological polar surface area (TPSA) is 79.2 Å². The molecule has 1 aliphatic carbocycles. The van der Waals surface area contributed by atoms with Crippen molar-refractivity contribution in [1.29, 1.82) is 4.78 Å². The lowest BCUT2D eigenvalue weighted by Crippen LogP contribution is -2.32. The lowest BCUT2D eigenvalue weighted by Gasteiger charge is -2.12. The van der Waals surface area contributed by atoms with Crippen LogP contribution in [0.3, 0.4) is 0 Å². The Hall–Kier alpha value is -2.19. The number of benzene rings is 2. The summed E-state index contributed by atoms with van der Waals surface area (Å²) < 4.78 is 55.3. The molecule has 9 heteroatoms. The molecule has 0 aliphatic heterocycles. The molecule has 2 N–H and O–H groups in total. The largest absolute Gasteiger partial charge is 0.454 e. The molecule has 1 saturated carbocycles. The second-order valence-corrected chi connectivity index (χ2v) is 8.49. The van der Waals surface area contributed by atoms with Gasteiger partial charge >= 0.3 is 0 Å². The summed E-state index contributed by atoms with van der Waals surface area (Å²) in [5.41, 5.74) is 0.157. The van der Waals surface area contributed by atoms with Crippen molar-refractivity contribution in [1.82, 2.24) is 4.72 Å². The van der Waals surface area contributed by atoms with Crippen LogP contribution in [0.5, 0.6) is 11.5 Å². The van der Waals surface area contributed by atoms with Gasteiger partial charge in [-0.2, -0.15) is 0 Å². The number of nitrogens with one attached hydrogen (secondary N) is 2. The zero-order valence-electron chi connectivity index (χ0n) is 13.6. The molecule has 0 saturated heterocycles. The quantitative estimate of drug-likeness (QED) is 0.771. The van der Waals surface area contributed by atoms with E-state index in [0.29, 0.717) is 23.9 Å². The third-order valence-electron chi connectivity index (χ3n) is 3.88. The van der Waals surface area contributed by atoms with Gasteiger partial charge in [0.1, 0.15) is 21.5 Å². The minimum Gasteiger partial charge on any atom is -0.454 e. The van der Waals surface area contributed by atoms with Crippen LogP contribution in [0.15, 0.2) is 30.3 Å². The first-order chi connectivity index (χ1) is 12.2. The molecule has 5 nitrogen and oxygen atoms in total. The molecule has 1 fully saturated rings. The monoisotopic (exact) mass is 400 g/mol. The molecule has 26 heavy (non-hydrogen) atoms. The van der Waals surface area contributed by atoms with Crippen LogP contribution in [0.25, 0.3) is 0 Å². The number of ether oxygens (including phenoxy) is 1. The predicted molar refractivity (Wildman–Crippen MR) is 94.0 cm³/mol. The Morgan fingerprint density at radius 1 is 1.27 bits per heavy atom. The number of rotatable bonds is 5. The first-order valence-corrected chi connectivity index (χ1v) is 9.70. The summed E-state index contributed by atoms with van der Waals surface area (Å²) in [5, 5.41) is -0.0297. The van der Waals surface area contributed by atoms with Gasteiger partial charge in [0.05, 0.1) is 10.8 Å². The van der Waals surface area contributed by atoms with Crippen LogP contribution in [0.2, 0.25) is 5.02 Å². The maximum Gasteiger partial charge on any atom is 0.266 e. The highest BCUT2D eigenvalue weighted by atomic mass is 35.5. The van der Waals surface area contributed by atoms with Crippen molar-refractivity contribution < 1.29 is 22.5 Å². The number of halogens is 3. The van der Waals surface area contributed by atoms with E-state index in [1.165, 1.54) is 6.07 Å². The van der Waals surface area contributed by atoms with Crippen LogP contribution >= 0.6 is 11.6 Å². The van der Waals surface area contributed by atoms with Gasteiger partial charge < -0.3 is 4.74 Å². The molecular weight excluding hydrogens is 386 g/mol. The number of hydrogen-bond acceptors (Lipinski definition) is 4. The number of hydrogen-bond donors (Lipinski definition) is 2. The van der Waals surface area contributed by atoms with E-state index in [1.807, 2.05) is 4.72 Å². The number of carbonyl (C=O) groups excluding carboxylic acids is 1. The highest BCUT2D eigenvalue weighted by molar-refractivity contribution is 7.92. The highest BCUT2D eigenvalue weighted by Gasteiger charge is 2.34. The molecule has 0 spiro atoms. The second-order valence-electron chi connectivity index (χ2n) is 6.01. The van der Waals surface area contributed by atoms with E-state index in [1.54, 1.807) is 19.1 Å². The van der Waals surface area contributed by atoms with Crippen LogP contribution in [-0.2, 0) is 9.92 Å². The SMILES string of the molecule is Cc1ccc(Oc2cc(F)c(C(=O)NS(=N)(=O)C3CC3)cc2F)cc1Cl. The summed E-state index contributed by atoms with van der Waals surface area (Å²) in [6, 6.07) is 6.04. The van der Waals surface area contributed by atoms with E-state index >= 15 is 0 Å². The Labute approximate surface area is 154 Å². The van der Waals surface area contributed by atoms with Crippen molar-refractivity contribution in [2.45, 2.75) is 25.0 Å². The smallest absolute Gasteiger partial charge is 0.266 e. The van der Waals surface area contributed by atoms with Gasteiger partial charge in [-0.25, -0.2) is 17.8 Å². The fourth-order valence-electron chi connectivity index (χ4n) is 2.22. The van der Waals surface area contributed by atoms with Gasteiger partial charge in [0.2, 0.25) is 0 Å². The van der Waals surface area contributed by atoms with E-state index in [0.717, 1.165) is 11.6 Å². The third kappa shape index (κ3) is 3.96. The summed E-state index contributed by atoms with van der Waals surface area (Å²) in [6.07, 6.45) is 1.12. The molecule has 0 heterocycles. The van der Waals surface area contributed by atoms with Crippen LogP contribution in [-0.4, -0.2) is 15.4 Å². The van der Waals surface area contributed by atoms with Crippen molar-refractivity contribution >= 4 is 27.4 Å². The van der Waals surface area contributed by atoms with Gasteiger partial charge in [0.15, 0.2) is 11.6 Å². The second kappa shape index (κ2) is 6.85. The summed E-state index contributed by atoms with van der Waals surface area (Å²) in [7, 11) is -3.37. The summed E-state index contributed by atoms with van der Waals surface area (Å²) >= 11 is 5.96. The van der Waals surface area contributed by atoms with E-state index in [9.17, 15) is 17.8 Å². The van der Waals surface area contributed by atoms with Crippen molar-refractivity contribution in [3.63, 3.8) is 0 Å². The average Bonchev–Trinajstić information content (AvgIpc) is 3.39. The molecule has 2 aromatic rings. The molecule has 138 valence electrons. The minimum absolute atomic E-state index is 0.207. The number of carbonyl (C=O) groups is 1. The molecule has 0 aromatic heterocycles. The normalized spacial score (nSPS) is 16.0. The maximum absolute atomic E-state index is 14.2. The van der Waals surface area contributed by atoms with Crippen LogP contribution in [0.1, 0.15) is 28.8 Å². The third-order valence-corrected chi connectivity index (χ3v) is 6.18. The highest BCUT2D eigenvalue weighted by Crippen LogP contribution is 2.31. The standard InChI is InChI=1S/C17H15ClF2N2O3S/c1-9-2-3-10(6-13(9)18)25-16-8-14(19)12(7-15(16)20)17(23)22-26(21,24)11-4-5-11/h2-3,6-8,11H,4-5H2,1H3,(H2,21,22,23,24). The Morgan fingerprint density at radius 2 is 1.96 bits per heavy atom. The molecule has 1 amide bonds. The van der Waals surface area contributed by atoms with Gasteiger partial charge in [-0.1, -0.05) is 17.7 Å². The van der Waals surface area contributed by atoms with Crippen LogP contribution in [0, 0.1) is 23.3 Å². The number of aryl methyl sites for hydroxylation is 1. The fraction of sp³-hybridized carbons (Fsp3) is 0.235. The molecule has 1 atom stereocenters. The lowest BCUT2D eigenvalue weighted by atomic mass is 10.2. The van der Waals surface area contributed by atoms with Crippen molar-refractivity contribution in [2.75, 3.05) is 0 Å². The van der Waals surface area contributed by atoms with Crippen molar-refractivity contribution in [2.24, 2.45) is 0 Å². The molecule has 0 bridgehead atoms. The van der Waals surface area contributed by atoms with Crippen molar-refractivity contribution in [3.8, 4) is 11.5 Å². The van der Waals surface area contributed by atoms with Crippen LogP contribution in [0.4, 0.5) is 8.78 Å². The lowest BCUT2D eigenvalue weighted by molar-refractivity contribution is 0.0978. The van der Waals surface area contributed by atoms with Gasteiger partial charge in [-0.15, -0.1) is 0 Å². The van der Waals surface area contributed by atoms with E-state index in [2.05, 4.69) is 0 Å². The zero-order valence-corrected chi connectivity index (χ0v) is 15.2. The molecule has 2 aromatic carbocycles. The summed E-state index contributed by atoms with van der Waals surface area (Å²) in [4.78, 5) is 12.0. The first-order valence-electron chi connectivity index (χ1n) is 7.70. The summed E-state index contributed by atoms with van der Waals surface area (Å²) in [6.45, 7) is 1.78. The molecule has 1 aliphatic rings. The average molecular weight is 401 g/mol. The summed E-state index contributed by atoms with van der Waals surface area (Å²) in [5.74, 6) is -3.34. The van der Waals surface area contributed by atoms with Gasteiger partial charge in [0.25, 0.3) is 5.91 Å². The molecular formula is C17H15ClF2N2O3S. The predicted octanol–water partition coefficient (Wildman–Crippen LogP) is 4.57. The molecule has 3 rings (SSSR count). The van der Waals surface area contributed by atoms with E-state index in [4.69, 9.17) is 21.1 Å². The fourth-order valence-corrected chi connectivity index (χ4v) is 3.74. The Bertz CT molecular complexity index is 992. The van der Waals surface area contributed by atoms with E-state index < -0.39 is 44.0 Å². The van der Waals surface area contributed by atoms with Gasteiger partial charge in [0, 0.05) is 11.1 Å². The minimum atomic E-state index is -3.37. The van der Waals surface area contributed by atoms with Crippen molar-refractivity contribution in [3.05, 3.63) is 58.1 Å². The molecule has 1 unspecified atom stereocenters. The number of amides is 1. The van der Waals surface area contributed by atoms with Crippen LogP contribution < -0.4 is 9.46 Å². The van der Waals surface area contributed by atoms with E-state index in [-0.39, 0.29) is 5.75 Å². The Morgan fingerprint density at radius 3 is 2.58 bits per heavy atom. The maximum atomic E-state index is 14.2.